The van der Waals surface area contributed by atoms with E-state index in [1.54, 1.807) is 7.11 Å². The molecule has 1 saturated heterocycles. The molecule has 6 heteroatoms. The van der Waals surface area contributed by atoms with Crippen LogP contribution in [-0.2, 0) is 11.2 Å². The Morgan fingerprint density at radius 2 is 1.81 bits per heavy atom. The zero-order valence-electron chi connectivity index (χ0n) is 19.1. The molecule has 2 heterocycles. The molecule has 1 aliphatic heterocycles. The lowest BCUT2D eigenvalue weighted by molar-refractivity contribution is -0.133. The minimum absolute atomic E-state index is 0.0200. The van der Waals surface area contributed by atoms with Crippen LogP contribution in [0.15, 0.2) is 48.5 Å². The number of fused-ring (bicyclic) bond motifs is 1. The number of methoxy groups -OCH3 is 1. The molecule has 0 radical (unpaired) electrons. The number of carbonyl (C=O) groups excluding carboxylic acids is 1. The van der Waals surface area contributed by atoms with Crippen molar-refractivity contribution in [3.8, 4) is 11.5 Å². The van der Waals surface area contributed by atoms with E-state index in [-0.39, 0.29) is 12.5 Å². The Morgan fingerprint density at radius 1 is 1.06 bits per heavy atom. The van der Waals surface area contributed by atoms with Crippen molar-refractivity contribution in [1.82, 2.24) is 9.88 Å². The summed E-state index contributed by atoms with van der Waals surface area (Å²) < 4.78 is 11.2. The summed E-state index contributed by atoms with van der Waals surface area (Å²) >= 11 is 0. The van der Waals surface area contributed by atoms with E-state index in [0.29, 0.717) is 13.1 Å². The summed E-state index contributed by atoms with van der Waals surface area (Å²) in [6.45, 7) is 7.12. The summed E-state index contributed by atoms with van der Waals surface area (Å²) in [5.74, 6) is 2.46. The number of ether oxygens (including phenoxy) is 2. The summed E-state index contributed by atoms with van der Waals surface area (Å²) in [5, 5.41) is 1.10. The smallest absolute Gasteiger partial charge is 0.260 e. The van der Waals surface area contributed by atoms with Gasteiger partial charge in [0.1, 0.15) is 22.8 Å². The van der Waals surface area contributed by atoms with E-state index in [0.717, 1.165) is 54.2 Å². The van der Waals surface area contributed by atoms with Crippen LogP contribution in [0.2, 0.25) is 0 Å². The first kappa shape index (κ1) is 21.9. The topological polar surface area (TPSA) is 54.9 Å². The molecule has 0 saturated carbocycles. The molecular formula is C26H31N3O3. The van der Waals surface area contributed by atoms with Crippen LogP contribution in [0.25, 0.3) is 10.9 Å². The fraction of sp³-hybridized carbons (Fsp3) is 0.385. The number of anilines is 1. The summed E-state index contributed by atoms with van der Waals surface area (Å²) in [5.41, 5.74) is 3.33. The van der Waals surface area contributed by atoms with Crippen LogP contribution in [-0.4, -0.2) is 55.7 Å². The zero-order valence-corrected chi connectivity index (χ0v) is 19.1. The van der Waals surface area contributed by atoms with Gasteiger partial charge in [-0.05, 0) is 48.7 Å². The van der Waals surface area contributed by atoms with E-state index >= 15 is 0 Å². The number of aryl methyl sites for hydroxylation is 2. The third-order valence-corrected chi connectivity index (χ3v) is 6.00. The maximum Gasteiger partial charge on any atom is 0.260 e. The van der Waals surface area contributed by atoms with E-state index in [2.05, 4.69) is 43.0 Å². The first-order valence-electron chi connectivity index (χ1n) is 11.3. The molecule has 0 N–H and O–H groups in total. The normalized spacial score (nSPS) is 14.0. The van der Waals surface area contributed by atoms with Gasteiger partial charge >= 0.3 is 0 Å². The molecule has 0 aliphatic carbocycles. The van der Waals surface area contributed by atoms with Crippen LogP contribution < -0.4 is 14.4 Å². The third-order valence-electron chi connectivity index (χ3n) is 6.00. The molecule has 3 aromatic rings. The average molecular weight is 434 g/mol. The molecule has 1 amide bonds. The van der Waals surface area contributed by atoms with E-state index in [1.807, 2.05) is 29.2 Å². The molecular weight excluding hydrogens is 402 g/mol. The van der Waals surface area contributed by atoms with Crippen molar-refractivity contribution in [3.05, 3.63) is 59.7 Å². The van der Waals surface area contributed by atoms with Gasteiger partial charge in [0.15, 0.2) is 6.61 Å². The van der Waals surface area contributed by atoms with Crippen molar-refractivity contribution in [2.45, 2.75) is 26.7 Å². The van der Waals surface area contributed by atoms with Gasteiger partial charge in [-0.3, -0.25) is 4.79 Å². The van der Waals surface area contributed by atoms with E-state index in [9.17, 15) is 4.79 Å². The lowest BCUT2D eigenvalue weighted by Gasteiger charge is -2.35. The highest BCUT2D eigenvalue weighted by Gasteiger charge is 2.23. The quantitative estimate of drug-likeness (QED) is 0.558. The Hall–Kier alpha value is -3.28. The van der Waals surface area contributed by atoms with Crippen LogP contribution in [0, 0.1) is 6.92 Å². The lowest BCUT2D eigenvalue weighted by Crippen LogP contribution is -2.50. The van der Waals surface area contributed by atoms with Crippen LogP contribution in [0.4, 0.5) is 5.82 Å². The molecule has 1 aromatic heterocycles. The summed E-state index contributed by atoms with van der Waals surface area (Å²) in [7, 11) is 1.67. The maximum absolute atomic E-state index is 12.6. The van der Waals surface area contributed by atoms with Crippen molar-refractivity contribution in [3.63, 3.8) is 0 Å². The van der Waals surface area contributed by atoms with Crippen molar-refractivity contribution in [2.75, 3.05) is 44.8 Å². The van der Waals surface area contributed by atoms with Gasteiger partial charge in [0.2, 0.25) is 0 Å². The van der Waals surface area contributed by atoms with E-state index in [1.165, 1.54) is 11.1 Å². The molecule has 0 bridgehead atoms. The highest BCUT2D eigenvalue weighted by atomic mass is 16.5. The highest BCUT2D eigenvalue weighted by Crippen LogP contribution is 2.29. The van der Waals surface area contributed by atoms with Crippen molar-refractivity contribution in [2.24, 2.45) is 0 Å². The number of pyridine rings is 1. The standard InChI is InChI=1S/C26H31N3O3/c1-4-6-20-9-11-21(12-10-20)32-18-25(30)29-15-13-28(14-16-29)24-17-19(2)22-7-5-8-23(31-3)26(22)27-24/h5,7-12,17H,4,6,13-16,18H2,1-3H3. The Morgan fingerprint density at radius 3 is 2.50 bits per heavy atom. The second-order valence-electron chi connectivity index (χ2n) is 8.20. The van der Waals surface area contributed by atoms with E-state index < -0.39 is 0 Å². The SMILES string of the molecule is CCCc1ccc(OCC(=O)N2CCN(c3cc(C)c4cccc(OC)c4n3)CC2)cc1. The Bertz CT molecular complexity index is 1070. The molecule has 168 valence electrons. The van der Waals surface area contributed by atoms with E-state index in [4.69, 9.17) is 14.5 Å². The van der Waals surface area contributed by atoms with Crippen molar-refractivity contribution >= 4 is 22.6 Å². The van der Waals surface area contributed by atoms with Gasteiger partial charge in [0.25, 0.3) is 5.91 Å². The first-order chi connectivity index (χ1) is 15.6. The highest BCUT2D eigenvalue weighted by molar-refractivity contribution is 5.89. The van der Waals surface area contributed by atoms with Gasteiger partial charge in [0, 0.05) is 31.6 Å². The van der Waals surface area contributed by atoms with Gasteiger partial charge in [-0.2, -0.15) is 0 Å². The number of para-hydroxylation sites is 1. The fourth-order valence-corrected chi connectivity index (χ4v) is 4.16. The van der Waals surface area contributed by atoms with Gasteiger partial charge in [-0.1, -0.05) is 37.6 Å². The number of piperazine rings is 1. The van der Waals surface area contributed by atoms with Gasteiger partial charge in [0.05, 0.1) is 7.11 Å². The maximum atomic E-state index is 12.6. The zero-order chi connectivity index (χ0) is 22.5. The number of hydrogen-bond donors (Lipinski definition) is 0. The second-order valence-corrected chi connectivity index (χ2v) is 8.20. The Labute approximate surface area is 189 Å². The fourth-order valence-electron chi connectivity index (χ4n) is 4.16. The monoisotopic (exact) mass is 433 g/mol. The second kappa shape index (κ2) is 9.90. The Kier molecular flexibility index (Phi) is 6.78. The number of benzene rings is 2. The number of rotatable bonds is 7. The third kappa shape index (κ3) is 4.79. The predicted molar refractivity (Wildman–Crippen MR) is 128 cm³/mol. The number of carbonyl (C=O) groups is 1. The summed E-state index contributed by atoms with van der Waals surface area (Å²) in [6.07, 6.45) is 2.17. The largest absolute Gasteiger partial charge is 0.494 e. The van der Waals surface area contributed by atoms with Crippen molar-refractivity contribution in [1.29, 1.82) is 0 Å². The van der Waals surface area contributed by atoms with Gasteiger partial charge in [-0.25, -0.2) is 4.98 Å². The molecule has 0 atom stereocenters. The predicted octanol–water partition coefficient (Wildman–Crippen LogP) is 4.23. The number of aromatic nitrogens is 1. The summed E-state index contributed by atoms with van der Waals surface area (Å²) in [4.78, 5) is 21.6. The van der Waals surface area contributed by atoms with Crippen LogP contribution in [0.3, 0.4) is 0 Å². The van der Waals surface area contributed by atoms with Gasteiger partial charge in [-0.15, -0.1) is 0 Å². The number of amides is 1. The molecule has 2 aromatic carbocycles. The lowest BCUT2D eigenvalue weighted by atomic mass is 10.1. The van der Waals surface area contributed by atoms with Crippen molar-refractivity contribution < 1.29 is 14.3 Å². The molecule has 4 rings (SSSR count). The molecule has 1 aliphatic rings. The first-order valence-corrected chi connectivity index (χ1v) is 11.3. The molecule has 0 spiro atoms. The molecule has 6 nitrogen and oxygen atoms in total. The van der Waals surface area contributed by atoms with Gasteiger partial charge < -0.3 is 19.3 Å². The minimum atomic E-state index is 0.0200. The molecule has 32 heavy (non-hydrogen) atoms. The Balaban J connectivity index is 1.35. The van der Waals surface area contributed by atoms with Crippen LogP contribution in [0.5, 0.6) is 11.5 Å². The average Bonchev–Trinajstić information content (AvgIpc) is 2.83. The number of nitrogens with zero attached hydrogens (tertiary/aromatic N) is 3. The molecule has 0 unspecified atom stereocenters. The van der Waals surface area contributed by atoms with Crippen LogP contribution >= 0.6 is 0 Å². The minimum Gasteiger partial charge on any atom is -0.494 e. The number of hydrogen-bond acceptors (Lipinski definition) is 5. The molecule has 1 fully saturated rings. The summed E-state index contributed by atoms with van der Waals surface area (Å²) in [6, 6.07) is 16.1. The van der Waals surface area contributed by atoms with Crippen LogP contribution in [0.1, 0.15) is 24.5 Å².